The number of rotatable bonds is 5. The van der Waals surface area contributed by atoms with E-state index in [2.05, 4.69) is 10.3 Å². The van der Waals surface area contributed by atoms with Gasteiger partial charge in [0.05, 0.1) is 17.9 Å². The van der Waals surface area contributed by atoms with Crippen LogP contribution in [0, 0.1) is 6.92 Å². The standard InChI is InChI=1S/C13H19N3O2/c1-9-7-12(14-2)11(8-15-9)13(18)16(5-6-17)10-3-4-10/h7-8,10,17H,3-6H2,1-2H3,(H,14,15). The molecule has 1 aromatic rings. The van der Waals surface area contributed by atoms with Crippen molar-refractivity contribution in [3.8, 4) is 0 Å². The second kappa shape index (κ2) is 5.35. The maximum atomic E-state index is 12.4. The highest BCUT2D eigenvalue weighted by atomic mass is 16.3. The smallest absolute Gasteiger partial charge is 0.257 e. The van der Waals surface area contributed by atoms with Crippen molar-refractivity contribution >= 4 is 11.6 Å². The Balaban J connectivity index is 2.26. The fourth-order valence-electron chi connectivity index (χ4n) is 2.04. The van der Waals surface area contributed by atoms with E-state index in [1.807, 2.05) is 13.0 Å². The van der Waals surface area contributed by atoms with Gasteiger partial charge in [-0.3, -0.25) is 9.78 Å². The second-order valence-electron chi connectivity index (χ2n) is 4.57. The maximum absolute atomic E-state index is 12.4. The number of amides is 1. The van der Waals surface area contributed by atoms with Gasteiger partial charge in [0.1, 0.15) is 0 Å². The maximum Gasteiger partial charge on any atom is 0.257 e. The number of hydrogen-bond donors (Lipinski definition) is 2. The molecule has 0 saturated heterocycles. The summed E-state index contributed by atoms with van der Waals surface area (Å²) in [5.41, 5.74) is 2.23. The molecule has 1 heterocycles. The number of anilines is 1. The fourth-order valence-corrected chi connectivity index (χ4v) is 2.04. The monoisotopic (exact) mass is 249 g/mol. The Morgan fingerprint density at radius 1 is 1.61 bits per heavy atom. The summed E-state index contributed by atoms with van der Waals surface area (Å²) < 4.78 is 0. The molecule has 2 N–H and O–H groups in total. The van der Waals surface area contributed by atoms with Crippen molar-refractivity contribution in [2.45, 2.75) is 25.8 Å². The number of aliphatic hydroxyl groups excluding tert-OH is 1. The Hall–Kier alpha value is -1.62. The first kappa shape index (κ1) is 12.8. The summed E-state index contributed by atoms with van der Waals surface area (Å²) in [6.45, 7) is 2.28. The first-order valence-electron chi connectivity index (χ1n) is 6.23. The highest BCUT2D eigenvalue weighted by Gasteiger charge is 2.33. The molecule has 0 unspecified atom stereocenters. The summed E-state index contributed by atoms with van der Waals surface area (Å²) in [6, 6.07) is 2.15. The first-order valence-corrected chi connectivity index (χ1v) is 6.23. The lowest BCUT2D eigenvalue weighted by Crippen LogP contribution is -2.36. The minimum absolute atomic E-state index is 0.00355. The third kappa shape index (κ3) is 2.61. The normalized spacial score (nSPS) is 14.4. The molecule has 98 valence electrons. The van der Waals surface area contributed by atoms with Crippen molar-refractivity contribution < 1.29 is 9.90 Å². The molecule has 5 heteroatoms. The average molecular weight is 249 g/mol. The predicted molar refractivity (Wildman–Crippen MR) is 69.7 cm³/mol. The Morgan fingerprint density at radius 3 is 2.89 bits per heavy atom. The zero-order valence-corrected chi connectivity index (χ0v) is 10.8. The van der Waals surface area contributed by atoms with Gasteiger partial charge >= 0.3 is 0 Å². The SMILES string of the molecule is CNc1cc(C)ncc1C(=O)N(CCO)C1CC1. The van der Waals surface area contributed by atoms with E-state index in [0.717, 1.165) is 24.2 Å². The number of aliphatic hydroxyl groups is 1. The molecule has 1 aromatic heterocycles. The Morgan fingerprint density at radius 2 is 2.33 bits per heavy atom. The molecule has 1 aliphatic carbocycles. The number of carbonyl (C=O) groups is 1. The van der Waals surface area contributed by atoms with Crippen molar-refractivity contribution in [3.63, 3.8) is 0 Å². The first-order chi connectivity index (χ1) is 8.67. The second-order valence-corrected chi connectivity index (χ2v) is 4.57. The van der Waals surface area contributed by atoms with Gasteiger partial charge < -0.3 is 15.3 Å². The number of pyridine rings is 1. The lowest BCUT2D eigenvalue weighted by molar-refractivity contribution is 0.0708. The molecule has 0 atom stereocenters. The number of nitrogens with zero attached hydrogens (tertiary/aromatic N) is 2. The molecular formula is C13H19N3O2. The summed E-state index contributed by atoms with van der Waals surface area (Å²) in [4.78, 5) is 18.4. The predicted octanol–water partition coefficient (Wildman–Crippen LogP) is 1.03. The van der Waals surface area contributed by atoms with E-state index in [1.54, 1.807) is 18.1 Å². The van der Waals surface area contributed by atoms with Crippen molar-refractivity contribution in [2.24, 2.45) is 0 Å². The molecular weight excluding hydrogens is 230 g/mol. The molecule has 18 heavy (non-hydrogen) atoms. The molecule has 1 saturated carbocycles. The average Bonchev–Trinajstić information content (AvgIpc) is 3.19. The van der Waals surface area contributed by atoms with Gasteiger partial charge in [0.15, 0.2) is 0 Å². The van der Waals surface area contributed by atoms with Gasteiger partial charge in [-0.05, 0) is 25.8 Å². The highest BCUT2D eigenvalue weighted by Crippen LogP contribution is 2.29. The van der Waals surface area contributed by atoms with E-state index < -0.39 is 0 Å². The lowest BCUT2D eigenvalue weighted by atomic mass is 10.1. The van der Waals surface area contributed by atoms with Crippen LogP contribution in [-0.4, -0.2) is 47.1 Å². The van der Waals surface area contributed by atoms with E-state index in [1.165, 1.54) is 0 Å². The Kier molecular flexibility index (Phi) is 3.81. The molecule has 1 amide bonds. The van der Waals surface area contributed by atoms with Gasteiger partial charge in [0, 0.05) is 31.5 Å². The van der Waals surface area contributed by atoms with E-state index in [4.69, 9.17) is 5.11 Å². The lowest BCUT2D eigenvalue weighted by Gasteiger charge is -2.22. The van der Waals surface area contributed by atoms with Crippen LogP contribution in [0.2, 0.25) is 0 Å². The summed E-state index contributed by atoms with van der Waals surface area (Å²) in [5.74, 6) is -0.0524. The molecule has 0 spiro atoms. The van der Waals surface area contributed by atoms with Crippen molar-refractivity contribution in [3.05, 3.63) is 23.5 Å². The van der Waals surface area contributed by atoms with Crippen LogP contribution >= 0.6 is 0 Å². The van der Waals surface area contributed by atoms with Crippen molar-refractivity contribution in [1.29, 1.82) is 0 Å². The number of aryl methyl sites for hydroxylation is 1. The number of nitrogens with one attached hydrogen (secondary N) is 1. The molecule has 0 aliphatic heterocycles. The van der Waals surface area contributed by atoms with Gasteiger partial charge in [-0.2, -0.15) is 0 Å². The number of hydrogen-bond acceptors (Lipinski definition) is 4. The van der Waals surface area contributed by atoms with Crippen LogP contribution in [-0.2, 0) is 0 Å². The van der Waals surface area contributed by atoms with Crippen LogP contribution in [0.1, 0.15) is 28.9 Å². The molecule has 0 radical (unpaired) electrons. The Bertz CT molecular complexity index is 444. The molecule has 2 rings (SSSR count). The summed E-state index contributed by atoms with van der Waals surface area (Å²) in [7, 11) is 1.79. The van der Waals surface area contributed by atoms with Crippen molar-refractivity contribution in [1.82, 2.24) is 9.88 Å². The molecule has 1 fully saturated rings. The van der Waals surface area contributed by atoms with Gasteiger partial charge in [0.2, 0.25) is 0 Å². The number of carbonyl (C=O) groups excluding carboxylic acids is 1. The topological polar surface area (TPSA) is 65.5 Å². The Labute approximate surface area is 107 Å². The van der Waals surface area contributed by atoms with Gasteiger partial charge in [-0.1, -0.05) is 0 Å². The molecule has 0 bridgehead atoms. The van der Waals surface area contributed by atoms with E-state index in [9.17, 15) is 4.79 Å². The van der Waals surface area contributed by atoms with Crippen LogP contribution in [0.15, 0.2) is 12.3 Å². The third-order valence-electron chi connectivity index (χ3n) is 3.13. The zero-order chi connectivity index (χ0) is 13.1. The quantitative estimate of drug-likeness (QED) is 0.818. The number of aromatic nitrogens is 1. The minimum Gasteiger partial charge on any atom is -0.395 e. The largest absolute Gasteiger partial charge is 0.395 e. The highest BCUT2D eigenvalue weighted by molar-refractivity contribution is 5.99. The van der Waals surface area contributed by atoms with Crippen molar-refractivity contribution in [2.75, 3.05) is 25.5 Å². The zero-order valence-electron chi connectivity index (χ0n) is 10.8. The summed E-state index contributed by atoms with van der Waals surface area (Å²) in [6.07, 6.45) is 3.66. The van der Waals surface area contributed by atoms with Crippen LogP contribution < -0.4 is 5.32 Å². The van der Waals surface area contributed by atoms with E-state index in [-0.39, 0.29) is 18.6 Å². The summed E-state index contributed by atoms with van der Waals surface area (Å²) >= 11 is 0. The molecule has 1 aliphatic rings. The minimum atomic E-state index is -0.0524. The van der Waals surface area contributed by atoms with E-state index in [0.29, 0.717) is 12.1 Å². The third-order valence-corrected chi connectivity index (χ3v) is 3.13. The van der Waals surface area contributed by atoms with Crippen LogP contribution in [0.25, 0.3) is 0 Å². The van der Waals surface area contributed by atoms with Crippen LogP contribution in [0.3, 0.4) is 0 Å². The molecule has 0 aromatic carbocycles. The summed E-state index contributed by atoms with van der Waals surface area (Å²) in [5, 5.41) is 12.1. The molecule has 5 nitrogen and oxygen atoms in total. The van der Waals surface area contributed by atoms with E-state index >= 15 is 0 Å². The van der Waals surface area contributed by atoms with Gasteiger partial charge in [-0.15, -0.1) is 0 Å². The fraction of sp³-hybridized carbons (Fsp3) is 0.538. The van der Waals surface area contributed by atoms with Gasteiger partial charge in [-0.25, -0.2) is 0 Å². The van der Waals surface area contributed by atoms with Gasteiger partial charge in [0.25, 0.3) is 5.91 Å². The van der Waals surface area contributed by atoms with Crippen LogP contribution in [0.5, 0.6) is 0 Å². The van der Waals surface area contributed by atoms with Crippen LogP contribution in [0.4, 0.5) is 5.69 Å².